The van der Waals surface area contributed by atoms with Crippen LogP contribution in [-0.4, -0.2) is 23.9 Å². The van der Waals surface area contributed by atoms with Gasteiger partial charge in [-0.3, -0.25) is 4.79 Å². The number of halogens is 6. The first-order valence-electron chi connectivity index (χ1n) is 4.59. The van der Waals surface area contributed by atoms with Crippen LogP contribution in [-0.2, 0) is 9.53 Å². The molecule has 0 rings (SSSR count). The van der Waals surface area contributed by atoms with Gasteiger partial charge in [0, 0.05) is 0 Å². The van der Waals surface area contributed by atoms with E-state index >= 15 is 0 Å². The number of rotatable bonds is 2. The van der Waals surface area contributed by atoms with Gasteiger partial charge in [0.2, 0.25) is 0 Å². The van der Waals surface area contributed by atoms with E-state index in [1.165, 1.54) is 20.8 Å². The molecular formula is C9H12F6O2. The van der Waals surface area contributed by atoms with Crippen LogP contribution in [0.1, 0.15) is 27.2 Å². The van der Waals surface area contributed by atoms with E-state index in [4.69, 9.17) is 0 Å². The largest absolute Gasteiger partial charge is 0.459 e. The Morgan fingerprint density at radius 2 is 1.47 bits per heavy atom. The molecule has 0 aromatic carbocycles. The Bertz CT molecular complexity index is 273. The summed E-state index contributed by atoms with van der Waals surface area (Å²) in [4.78, 5) is 11.0. The van der Waals surface area contributed by atoms with E-state index in [2.05, 4.69) is 4.74 Å². The molecular weight excluding hydrogens is 254 g/mol. The van der Waals surface area contributed by atoms with Gasteiger partial charge >= 0.3 is 18.3 Å². The van der Waals surface area contributed by atoms with E-state index in [9.17, 15) is 31.1 Å². The van der Waals surface area contributed by atoms with Crippen LogP contribution in [0.3, 0.4) is 0 Å². The van der Waals surface area contributed by atoms with Crippen LogP contribution in [0.25, 0.3) is 0 Å². The monoisotopic (exact) mass is 266 g/mol. The average Bonchev–Trinajstić information content (AvgIpc) is 1.92. The number of carbonyl (C=O) groups excluding carboxylic acids is 1. The maximum Gasteiger partial charge on any atom is 0.402 e. The lowest BCUT2D eigenvalue weighted by Crippen LogP contribution is -2.39. The molecule has 0 saturated carbocycles. The molecule has 8 heteroatoms. The molecule has 0 aliphatic carbocycles. The van der Waals surface area contributed by atoms with Gasteiger partial charge in [-0.1, -0.05) is 0 Å². The average molecular weight is 266 g/mol. The molecule has 0 fully saturated rings. The molecule has 0 bridgehead atoms. The molecule has 1 atom stereocenters. The van der Waals surface area contributed by atoms with Crippen molar-refractivity contribution in [2.45, 2.75) is 45.1 Å². The Morgan fingerprint density at radius 3 is 1.71 bits per heavy atom. The summed E-state index contributed by atoms with van der Waals surface area (Å²) >= 11 is 0. The number of alkyl halides is 6. The quantitative estimate of drug-likeness (QED) is 0.565. The summed E-state index contributed by atoms with van der Waals surface area (Å²) in [5.41, 5.74) is -1.27. The molecule has 1 unspecified atom stereocenters. The van der Waals surface area contributed by atoms with Crippen molar-refractivity contribution in [1.82, 2.24) is 0 Å². The van der Waals surface area contributed by atoms with Gasteiger partial charge in [-0.05, 0) is 20.8 Å². The highest BCUT2D eigenvalue weighted by Crippen LogP contribution is 2.37. The minimum Gasteiger partial charge on any atom is -0.459 e. The standard InChI is InChI=1S/C9H12F6O2/c1-7(2,3)17-6(16)5(9(13,14)15)4-8(10,11)12/h5H,4H2,1-3H3. The lowest BCUT2D eigenvalue weighted by molar-refractivity contribution is -0.231. The van der Waals surface area contributed by atoms with Crippen LogP contribution in [0, 0.1) is 5.92 Å². The van der Waals surface area contributed by atoms with Crippen LogP contribution >= 0.6 is 0 Å². The summed E-state index contributed by atoms with van der Waals surface area (Å²) in [5, 5.41) is 0. The highest BCUT2D eigenvalue weighted by molar-refractivity contribution is 5.73. The first kappa shape index (κ1) is 16.1. The molecule has 0 aromatic rings. The molecule has 0 heterocycles. The molecule has 17 heavy (non-hydrogen) atoms. The van der Waals surface area contributed by atoms with E-state index in [1.807, 2.05) is 0 Å². The summed E-state index contributed by atoms with van der Waals surface area (Å²) in [7, 11) is 0. The molecule has 0 aromatic heterocycles. The zero-order valence-corrected chi connectivity index (χ0v) is 9.37. The predicted octanol–water partition coefficient (Wildman–Crippen LogP) is 3.46. The molecule has 0 amide bonds. The molecule has 0 saturated heterocycles. The van der Waals surface area contributed by atoms with E-state index in [0.29, 0.717) is 0 Å². The van der Waals surface area contributed by atoms with Crippen molar-refractivity contribution in [3.05, 3.63) is 0 Å². The highest BCUT2D eigenvalue weighted by atomic mass is 19.4. The van der Waals surface area contributed by atoms with E-state index < -0.39 is 36.3 Å². The smallest absolute Gasteiger partial charge is 0.402 e. The second-order valence-corrected chi connectivity index (χ2v) is 4.45. The normalized spacial score (nSPS) is 15.6. The Kier molecular flexibility index (Phi) is 4.47. The van der Waals surface area contributed by atoms with Crippen molar-refractivity contribution in [2.75, 3.05) is 0 Å². The molecule has 102 valence electrons. The summed E-state index contributed by atoms with van der Waals surface area (Å²) in [6.45, 7) is 3.81. The van der Waals surface area contributed by atoms with Crippen molar-refractivity contribution in [1.29, 1.82) is 0 Å². The topological polar surface area (TPSA) is 26.3 Å². The molecule has 0 aliphatic heterocycles. The maximum atomic E-state index is 12.3. The van der Waals surface area contributed by atoms with Gasteiger partial charge in [-0.25, -0.2) is 0 Å². The maximum absolute atomic E-state index is 12.3. The number of ether oxygens (including phenoxy) is 1. The van der Waals surface area contributed by atoms with Gasteiger partial charge in [0.25, 0.3) is 0 Å². The number of hydrogen-bond acceptors (Lipinski definition) is 2. The van der Waals surface area contributed by atoms with Crippen LogP contribution < -0.4 is 0 Å². The van der Waals surface area contributed by atoms with Gasteiger partial charge < -0.3 is 4.74 Å². The molecule has 0 radical (unpaired) electrons. The lowest BCUT2D eigenvalue weighted by Gasteiger charge is -2.25. The first-order valence-corrected chi connectivity index (χ1v) is 4.59. The van der Waals surface area contributed by atoms with Gasteiger partial charge in [-0.15, -0.1) is 0 Å². The molecule has 0 N–H and O–H groups in total. The van der Waals surface area contributed by atoms with E-state index in [1.54, 1.807) is 0 Å². The first-order chi connectivity index (χ1) is 7.22. The summed E-state index contributed by atoms with van der Waals surface area (Å²) in [6, 6.07) is 0. The van der Waals surface area contributed by atoms with Gasteiger partial charge in [0.05, 0.1) is 6.42 Å². The summed E-state index contributed by atoms with van der Waals surface area (Å²) < 4.78 is 76.9. The zero-order chi connectivity index (χ0) is 14.1. The number of carbonyl (C=O) groups is 1. The SMILES string of the molecule is CC(C)(C)OC(=O)C(CC(F)(F)F)C(F)(F)F. The van der Waals surface area contributed by atoms with Gasteiger partial charge in [0.15, 0.2) is 5.92 Å². The third-order valence-corrected chi connectivity index (χ3v) is 1.52. The zero-order valence-electron chi connectivity index (χ0n) is 9.37. The van der Waals surface area contributed by atoms with Crippen LogP contribution in [0.15, 0.2) is 0 Å². The fourth-order valence-electron chi connectivity index (χ4n) is 0.937. The number of hydrogen-bond donors (Lipinski definition) is 0. The third-order valence-electron chi connectivity index (χ3n) is 1.52. The van der Waals surface area contributed by atoms with E-state index in [0.717, 1.165) is 0 Å². The lowest BCUT2D eigenvalue weighted by atomic mass is 10.0. The summed E-state index contributed by atoms with van der Waals surface area (Å²) in [6.07, 6.45) is -12.6. The minimum atomic E-state index is -5.28. The van der Waals surface area contributed by atoms with Crippen LogP contribution in [0.2, 0.25) is 0 Å². The fraction of sp³-hybridized carbons (Fsp3) is 0.889. The van der Waals surface area contributed by atoms with Gasteiger partial charge in [0.1, 0.15) is 5.60 Å². The van der Waals surface area contributed by atoms with Crippen molar-refractivity contribution >= 4 is 5.97 Å². The van der Waals surface area contributed by atoms with Crippen LogP contribution in [0.5, 0.6) is 0 Å². The highest BCUT2D eigenvalue weighted by Gasteiger charge is 2.52. The fourth-order valence-corrected chi connectivity index (χ4v) is 0.937. The second kappa shape index (κ2) is 4.73. The van der Waals surface area contributed by atoms with Crippen molar-refractivity contribution in [3.63, 3.8) is 0 Å². The Balaban J connectivity index is 4.90. The predicted molar refractivity (Wildman–Crippen MR) is 46.1 cm³/mol. The van der Waals surface area contributed by atoms with Crippen LogP contribution in [0.4, 0.5) is 26.3 Å². The van der Waals surface area contributed by atoms with Crippen molar-refractivity contribution in [3.8, 4) is 0 Å². The minimum absolute atomic E-state index is 1.27. The Morgan fingerprint density at radius 1 is 1.06 bits per heavy atom. The van der Waals surface area contributed by atoms with E-state index in [-0.39, 0.29) is 0 Å². The molecule has 0 aliphatic rings. The second-order valence-electron chi connectivity index (χ2n) is 4.45. The Hall–Kier alpha value is -0.950. The van der Waals surface area contributed by atoms with Crippen molar-refractivity contribution < 1.29 is 35.9 Å². The number of esters is 1. The molecule has 2 nitrogen and oxygen atoms in total. The van der Waals surface area contributed by atoms with Crippen molar-refractivity contribution in [2.24, 2.45) is 5.92 Å². The molecule has 0 spiro atoms. The Labute approximate surface area is 93.9 Å². The third kappa shape index (κ3) is 7.06. The summed E-state index contributed by atoms with van der Waals surface area (Å²) in [5.74, 6) is -5.09. The van der Waals surface area contributed by atoms with Gasteiger partial charge in [-0.2, -0.15) is 26.3 Å².